The summed E-state index contributed by atoms with van der Waals surface area (Å²) in [4.78, 5) is 42.7. The van der Waals surface area contributed by atoms with Crippen molar-refractivity contribution < 1.29 is 39.6 Å². The third-order valence-electron chi connectivity index (χ3n) is 2.44. The molecule has 0 spiro atoms. The molecule has 0 rings (SSSR count). The Labute approximate surface area is 118 Å². The van der Waals surface area contributed by atoms with Crippen LogP contribution in [-0.2, 0) is 19.2 Å². The zero-order valence-corrected chi connectivity index (χ0v) is 10.9. The van der Waals surface area contributed by atoms with E-state index in [0.29, 0.717) is 0 Å². The SMILES string of the molecule is NC(CNC(CNC(CC(=O)O)C(=O)O)C(=O)O)C(=O)O. The van der Waals surface area contributed by atoms with Crippen LogP contribution in [0.5, 0.6) is 0 Å². The largest absolute Gasteiger partial charge is 0.481 e. The fourth-order valence-corrected chi connectivity index (χ4v) is 1.28. The van der Waals surface area contributed by atoms with Crippen molar-refractivity contribution in [1.82, 2.24) is 10.6 Å². The number of hydrogen-bond donors (Lipinski definition) is 7. The summed E-state index contributed by atoms with van der Waals surface area (Å²) in [7, 11) is 0. The van der Waals surface area contributed by atoms with Crippen LogP contribution in [0.15, 0.2) is 0 Å². The van der Waals surface area contributed by atoms with Gasteiger partial charge in [0.15, 0.2) is 0 Å². The molecule has 3 atom stereocenters. The summed E-state index contributed by atoms with van der Waals surface area (Å²) in [6.45, 7) is -0.753. The van der Waals surface area contributed by atoms with Gasteiger partial charge < -0.3 is 36.8 Å². The number of hydrogen-bond acceptors (Lipinski definition) is 7. The van der Waals surface area contributed by atoms with E-state index >= 15 is 0 Å². The van der Waals surface area contributed by atoms with Gasteiger partial charge in [0.1, 0.15) is 18.1 Å². The Morgan fingerprint density at radius 3 is 1.67 bits per heavy atom. The summed E-state index contributed by atoms with van der Waals surface area (Å²) < 4.78 is 0. The van der Waals surface area contributed by atoms with Crippen molar-refractivity contribution in [2.75, 3.05) is 13.1 Å². The smallest absolute Gasteiger partial charge is 0.322 e. The van der Waals surface area contributed by atoms with Crippen molar-refractivity contribution in [3.8, 4) is 0 Å². The van der Waals surface area contributed by atoms with Gasteiger partial charge in [-0.3, -0.25) is 19.2 Å². The standard InChI is InChI=1S/C10H17N3O8/c11-4(8(16)17)2-12-6(10(20)21)3-13-5(9(18)19)1-7(14)15/h4-6,12-13H,1-3,11H2,(H,14,15)(H,16,17)(H,18,19)(H,20,21). The minimum atomic E-state index is -1.46. The molecule has 8 N–H and O–H groups in total. The fourth-order valence-electron chi connectivity index (χ4n) is 1.28. The van der Waals surface area contributed by atoms with E-state index in [1.54, 1.807) is 0 Å². The van der Waals surface area contributed by atoms with Crippen LogP contribution < -0.4 is 16.4 Å². The van der Waals surface area contributed by atoms with E-state index < -0.39 is 55.0 Å². The van der Waals surface area contributed by atoms with E-state index in [-0.39, 0.29) is 6.54 Å². The molecule has 0 aliphatic rings. The maximum Gasteiger partial charge on any atom is 0.322 e. The lowest BCUT2D eigenvalue weighted by atomic mass is 10.2. The zero-order valence-electron chi connectivity index (χ0n) is 10.9. The topological polar surface area (TPSA) is 199 Å². The summed E-state index contributed by atoms with van der Waals surface area (Å²) in [5.74, 6) is -5.49. The molecule has 0 aliphatic heterocycles. The first-order valence-corrected chi connectivity index (χ1v) is 5.77. The maximum atomic E-state index is 10.9. The van der Waals surface area contributed by atoms with E-state index in [2.05, 4.69) is 10.6 Å². The van der Waals surface area contributed by atoms with Crippen LogP contribution in [0, 0.1) is 0 Å². The number of carboxylic acids is 4. The lowest BCUT2D eigenvalue weighted by molar-refractivity contribution is -0.146. The fraction of sp³-hybridized carbons (Fsp3) is 0.600. The second-order valence-electron chi connectivity index (χ2n) is 4.14. The van der Waals surface area contributed by atoms with Crippen LogP contribution in [0.1, 0.15) is 6.42 Å². The van der Waals surface area contributed by atoms with Gasteiger partial charge in [-0.25, -0.2) is 0 Å². The molecular weight excluding hydrogens is 290 g/mol. The molecule has 0 aromatic rings. The molecule has 11 nitrogen and oxygen atoms in total. The van der Waals surface area contributed by atoms with Crippen molar-refractivity contribution in [3.63, 3.8) is 0 Å². The van der Waals surface area contributed by atoms with E-state index in [4.69, 9.17) is 26.2 Å². The van der Waals surface area contributed by atoms with Crippen LogP contribution in [0.2, 0.25) is 0 Å². The predicted octanol–water partition coefficient (Wildman–Crippen LogP) is -3.04. The number of nitrogens with two attached hydrogens (primary N) is 1. The molecule has 0 saturated carbocycles. The first-order chi connectivity index (χ1) is 9.65. The van der Waals surface area contributed by atoms with Gasteiger partial charge in [0.05, 0.1) is 6.42 Å². The van der Waals surface area contributed by atoms with Crippen LogP contribution in [0.3, 0.4) is 0 Å². The molecule has 120 valence electrons. The van der Waals surface area contributed by atoms with Crippen molar-refractivity contribution in [2.24, 2.45) is 5.73 Å². The first-order valence-electron chi connectivity index (χ1n) is 5.77. The monoisotopic (exact) mass is 307 g/mol. The third-order valence-corrected chi connectivity index (χ3v) is 2.44. The Kier molecular flexibility index (Phi) is 7.89. The first kappa shape index (κ1) is 18.8. The molecule has 21 heavy (non-hydrogen) atoms. The summed E-state index contributed by atoms with van der Waals surface area (Å²) >= 11 is 0. The second kappa shape index (κ2) is 8.84. The van der Waals surface area contributed by atoms with Crippen LogP contribution in [0.25, 0.3) is 0 Å². The van der Waals surface area contributed by atoms with E-state index in [0.717, 1.165) is 0 Å². The van der Waals surface area contributed by atoms with Crippen molar-refractivity contribution >= 4 is 23.9 Å². The van der Waals surface area contributed by atoms with E-state index in [1.807, 2.05) is 0 Å². The Morgan fingerprint density at radius 1 is 0.810 bits per heavy atom. The molecular formula is C10H17N3O8. The number of aliphatic carboxylic acids is 4. The molecule has 0 aromatic carbocycles. The minimum Gasteiger partial charge on any atom is -0.481 e. The molecule has 11 heteroatoms. The highest BCUT2D eigenvalue weighted by molar-refractivity contribution is 5.80. The summed E-state index contributed by atoms with van der Waals surface area (Å²) in [6.07, 6.45) is -0.726. The summed E-state index contributed by atoms with van der Waals surface area (Å²) in [5, 5.41) is 39.4. The van der Waals surface area contributed by atoms with Gasteiger partial charge in [-0.15, -0.1) is 0 Å². The zero-order chi connectivity index (χ0) is 16.6. The van der Waals surface area contributed by atoms with E-state index in [9.17, 15) is 19.2 Å². The lowest BCUT2D eigenvalue weighted by Gasteiger charge is -2.19. The highest BCUT2D eigenvalue weighted by Gasteiger charge is 2.25. The second-order valence-corrected chi connectivity index (χ2v) is 4.14. The van der Waals surface area contributed by atoms with Crippen molar-refractivity contribution in [3.05, 3.63) is 0 Å². The van der Waals surface area contributed by atoms with Crippen LogP contribution in [0.4, 0.5) is 0 Å². The minimum absolute atomic E-state index is 0.343. The van der Waals surface area contributed by atoms with Gasteiger partial charge in [-0.2, -0.15) is 0 Å². The summed E-state index contributed by atoms with van der Waals surface area (Å²) in [6, 6.07) is -4.09. The van der Waals surface area contributed by atoms with Gasteiger partial charge in [0.2, 0.25) is 0 Å². The maximum absolute atomic E-state index is 10.9. The highest BCUT2D eigenvalue weighted by atomic mass is 16.4. The molecule has 0 bridgehead atoms. The van der Waals surface area contributed by atoms with Crippen molar-refractivity contribution in [1.29, 1.82) is 0 Å². The predicted molar refractivity (Wildman–Crippen MR) is 66.7 cm³/mol. The van der Waals surface area contributed by atoms with Crippen molar-refractivity contribution in [2.45, 2.75) is 24.5 Å². The Morgan fingerprint density at radius 2 is 1.29 bits per heavy atom. The molecule has 0 amide bonds. The van der Waals surface area contributed by atoms with Crippen LogP contribution >= 0.6 is 0 Å². The van der Waals surface area contributed by atoms with Gasteiger partial charge in [0.25, 0.3) is 0 Å². The highest BCUT2D eigenvalue weighted by Crippen LogP contribution is 1.94. The molecule has 0 saturated heterocycles. The molecule has 3 unspecified atom stereocenters. The molecule has 0 aliphatic carbocycles. The Balaban J connectivity index is 4.49. The van der Waals surface area contributed by atoms with E-state index in [1.165, 1.54) is 0 Å². The van der Waals surface area contributed by atoms with Gasteiger partial charge in [0, 0.05) is 13.1 Å². The number of rotatable bonds is 11. The quantitative estimate of drug-likeness (QED) is 0.204. The van der Waals surface area contributed by atoms with Crippen LogP contribution in [-0.4, -0.2) is 75.5 Å². The lowest BCUT2D eigenvalue weighted by Crippen LogP contribution is -2.53. The van der Waals surface area contributed by atoms with Gasteiger partial charge in [-0.1, -0.05) is 0 Å². The average Bonchev–Trinajstić information content (AvgIpc) is 2.35. The average molecular weight is 307 g/mol. The third kappa shape index (κ3) is 7.81. The number of nitrogens with one attached hydrogen (secondary N) is 2. The Hall–Kier alpha value is -2.24. The number of carboxylic acid groups (broad SMARTS) is 4. The van der Waals surface area contributed by atoms with Gasteiger partial charge in [-0.05, 0) is 0 Å². The molecule has 0 heterocycles. The Bertz CT molecular complexity index is 413. The van der Waals surface area contributed by atoms with Gasteiger partial charge >= 0.3 is 23.9 Å². The number of carbonyl (C=O) groups is 4. The molecule has 0 radical (unpaired) electrons. The normalized spacial score (nSPS) is 14.9. The molecule has 0 aromatic heterocycles. The molecule has 0 fully saturated rings. The summed E-state index contributed by atoms with van der Waals surface area (Å²) in [5.41, 5.74) is 5.19.